The topological polar surface area (TPSA) is 113 Å². The van der Waals surface area contributed by atoms with Crippen molar-refractivity contribution >= 4 is 27.6 Å². The number of sulfonamides is 1. The number of amides is 1. The average molecular weight is 525 g/mol. The molecule has 7 nitrogen and oxygen atoms in total. The second-order valence-electron chi connectivity index (χ2n) is 8.70. The minimum absolute atomic E-state index is 0.000194. The van der Waals surface area contributed by atoms with Crippen molar-refractivity contribution in [2.75, 3.05) is 11.3 Å². The number of aryl methyl sites for hydroxylation is 2. The van der Waals surface area contributed by atoms with Gasteiger partial charge in [-0.15, -0.1) is 6.58 Å². The zero-order valence-corrected chi connectivity index (χ0v) is 20.2. The van der Waals surface area contributed by atoms with Crippen molar-refractivity contribution in [2.45, 2.75) is 55.0 Å². The highest BCUT2D eigenvalue weighted by Crippen LogP contribution is 2.48. The molecule has 0 aromatic heterocycles. The summed E-state index contributed by atoms with van der Waals surface area (Å²) in [7, 11) is -3.65. The van der Waals surface area contributed by atoms with Gasteiger partial charge < -0.3 is 10.4 Å². The van der Waals surface area contributed by atoms with Crippen LogP contribution in [0.5, 0.6) is 0 Å². The van der Waals surface area contributed by atoms with Crippen LogP contribution in [0.3, 0.4) is 0 Å². The Bertz CT molecular complexity index is 1240. The van der Waals surface area contributed by atoms with E-state index >= 15 is 0 Å². The molecule has 0 atom stereocenters. The maximum atomic E-state index is 12.8. The van der Waals surface area contributed by atoms with E-state index in [-0.39, 0.29) is 5.91 Å². The van der Waals surface area contributed by atoms with Crippen molar-refractivity contribution in [1.82, 2.24) is 5.32 Å². The summed E-state index contributed by atoms with van der Waals surface area (Å²) in [6.45, 7) is 4.07. The number of carboxylic acids is 1. The quantitative estimate of drug-likeness (QED) is 0.467. The maximum absolute atomic E-state index is 12.8. The summed E-state index contributed by atoms with van der Waals surface area (Å²) < 4.78 is 60.0. The molecule has 2 aliphatic rings. The summed E-state index contributed by atoms with van der Waals surface area (Å²) >= 11 is 0. The molecule has 2 aromatic rings. The molecule has 194 valence electrons. The van der Waals surface area contributed by atoms with Gasteiger partial charge in [-0.3, -0.25) is 9.52 Å². The second kappa shape index (κ2) is 10.7. The number of hydrogen-bond donors (Lipinski definition) is 3. The third-order valence-electron chi connectivity index (χ3n) is 6.15. The largest absolute Gasteiger partial charge is 0.490 e. The van der Waals surface area contributed by atoms with Crippen molar-refractivity contribution < 1.29 is 36.3 Å². The van der Waals surface area contributed by atoms with Gasteiger partial charge in [0.25, 0.3) is 10.0 Å². The third-order valence-corrected chi connectivity index (χ3v) is 7.53. The van der Waals surface area contributed by atoms with Gasteiger partial charge in [-0.05, 0) is 79.5 Å². The Hall–Kier alpha value is -3.34. The van der Waals surface area contributed by atoms with Crippen LogP contribution in [0.1, 0.15) is 42.4 Å². The Morgan fingerprint density at radius 3 is 2.14 bits per heavy atom. The molecule has 0 heterocycles. The van der Waals surface area contributed by atoms with Gasteiger partial charge in [-0.25, -0.2) is 13.2 Å². The molecule has 0 unspecified atom stereocenters. The first-order chi connectivity index (χ1) is 16.9. The molecule has 3 N–H and O–H groups in total. The number of carbonyl (C=O) groups excluding carboxylic acids is 1. The number of hydrogen-bond acceptors (Lipinski definition) is 4. The van der Waals surface area contributed by atoms with Gasteiger partial charge in [-0.2, -0.15) is 13.2 Å². The van der Waals surface area contributed by atoms with Crippen LogP contribution >= 0.6 is 0 Å². The van der Waals surface area contributed by atoms with Gasteiger partial charge in [0.2, 0.25) is 5.91 Å². The molecule has 11 heteroatoms. The smallest absolute Gasteiger partial charge is 0.475 e. The van der Waals surface area contributed by atoms with E-state index in [1.165, 1.54) is 5.56 Å². The van der Waals surface area contributed by atoms with E-state index in [1.807, 2.05) is 18.2 Å². The van der Waals surface area contributed by atoms with E-state index < -0.39 is 27.6 Å². The van der Waals surface area contributed by atoms with Crippen LogP contribution in [-0.4, -0.2) is 38.1 Å². The monoisotopic (exact) mass is 524 g/mol. The molecule has 2 aromatic carbocycles. The third kappa shape index (κ3) is 6.45. The first-order valence-electron chi connectivity index (χ1n) is 11.3. The van der Waals surface area contributed by atoms with Crippen LogP contribution < -0.4 is 10.0 Å². The van der Waals surface area contributed by atoms with Crippen LogP contribution in [0.2, 0.25) is 0 Å². The van der Waals surface area contributed by atoms with Crippen molar-refractivity contribution in [1.29, 1.82) is 0 Å². The van der Waals surface area contributed by atoms with Gasteiger partial charge in [-0.1, -0.05) is 24.3 Å². The number of carbonyl (C=O) groups is 2. The Labute approximate surface area is 207 Å². The zero-order chi connectivity index (χ0) is 26.6. The molecular formula is C25H27F3N2O5S. The molecule has 0 radical (unpaired) electrons. The lowest BCUT2D eigenvalue weighted by Gasteiger charge is -2.18. The molecule has 0 bridgehead atoms. The summed E-state index contributed by atoms with van der Waals surface area (Å²) in [5.41, 5.74) is 3.31. The lowest BCUT2D eigenvalue weighted by Crippen LogP contribution is -2.34. The number of fused-ring (bicyclic) bond motifs is 1. The maximum Gasteiger partial charge on any atom is 0.490 e. The van der Waals surface area contributed by atoms with Gasteiger partial charge in [0.15, 0.2) is 0 Å². The van der Waals surface area contributed by atoms with Crippen molar-refractivity contribution in [3.8, 4) is 0 Å². The number of aliphatic carboxylic acids is 1. The number of nitrogens with one attached hydrogen (secondary N) is 2. The predicted molar refractivity (Wildman–Crippen MR) is 128 cm³/mol. The molecule has 1 saturated carbocycles. The van der Waals surface area contributed by atoms with E-state index in [4.69, 9.17) is 9.90 Å². The fourth-order valence-corrected chi connectivity index (χ4v) is 5.16. The number of halogens is 3. The first-order valence-corrected chi connectivity index (χ1v) is 12.8. The van der Waals surface area contributed by atoms with E-state index in [2.05, 4.69) is 16.6 Å². The number of benzene rings is 2. The summed E-state index contributed by atoms with van der Waals surface area (Å²) in [6.07, 6.45) is 2.40. The van der Waals surface area contributed by atoms with Crippen molar-refractivity contribution in [3.63, 3.8) is 0 Å². The highest BCUT2D eigenvalue weighted by molar-refractivity contribution is 7.92. The standard InChI is InChI=1S/C23H26N2O3S.C2HF3O2/c1-2-15-24-22(26)23(13-14-23)19-8-10-20(11-9-19)25-29(27,28)21-12-7-17-5-3-4-6-18(17)16-21;3-2(4,5)1(6)7/h2,7-12,16,25H,1,3-6,13-15H2,(H,24,26);(H,6,7). The van der Waals surface area contributed by atoms with Crippen LogP contribution in [0.15, 0.2) is 60.0 Å². The molecule has 1 amide bonds. The lowest BCUT2D eigenvalue weighted by atomic mass is 9.92. The van der Waals surface area contributed by atoms with E-state index in [0.29, 0.717) is 17.1 Å². The van der Waals surface area contributed by atoms with Crippen molar-refractivity contribution in [3.05, 3.63) is 71.8 Å². The van der Waals surface area contributed by atoms with Gasteiger partial charge >= 0.3 is 12.1 Å². The van der Waals surface area contributed by atoms with Crippen LogP contribution in [-0.2, 0) is 37.9 Å². The van der Waals surface area contributed by atoms with Crippen molar-refractivity contribution in [2.24, 2.45) is 0 Å². The van der Waals surface area contributed by atoms with Gasteiger partial charge in [0.1, 0.15) is 0 Å². The SMILES string of the molecule is C=CCNC(=O)C1(c2ccc(NS(=O)(=O)c3ccc4c(c3)CCCC4)cc2)CC1.O=C(O)C(F)(F)F. The lowest BCUT2D eigenvalue weighted by molar-refractivity contribution is -0.192. The van der Waals surface area contributed by atoms with Gasteiger partial charge in [0, 0.05) is 12.2 Å². The second-order valence-corrected chi connectivity index (χ2v) is 10.4. The summed E-state index contributed by atoms with van der Waals surface area (Å²) in [5.74, 6) is -2.76. The molecular weight excluding hydrogens is 497 g/mol. The zero-order valence-electron chi connectivity index (χ0n) is 19.4. The van der Waals surface area contributed by atoms with E-state index in [0.717, 1.165) is 49.7 Å². The normalized spacial score (nSPS) is 16.0. The Morgan fingerprint density at radius 1 is 1.03 bits per heavy atom. The fourth-order valence-electron chi connectivity index (χ4n) is 4.05. The van der Waals surface area contributed by atoms with Crippen LogP contribution in [0, 0.1) is 0 Å². The molecule has 36 heavy (non-hydrogen) atoms. The molecule has 0 aliphatic heterocycles. The number of carboxylic acid groups (broad SMARTS) is 1. The molecule has 2 aliphatic carbocycles. The predicted octanol–water partition coefficient (Wildman–Crippen LogP) is 4.33. The Morgan fingerprint density at radius 2 is 1.61 bits per heavy atom. The van der Waals surface area contributed by atoms with Crippen LogP contribution in [0.25, 0.3) is 0 Å². The highest BCUT2D eigenvalue weighted by atomic mass is 32.2. The number of rotatable bonds is 7. The Kier molecular flexibility index (Phi) is 8.12. The highest BCUT2D eigenvalue weighted by Gasteiger charge is 2.51. The summed E-state index contributed by atoms with van der Waals surface area (Å²) in [4.78, 5) is 21.6. The molecule has 4 rings (SSSR count). The van der Waals surface area contributed by atoms with E-state index in [9.17, 15) is 26.4 Å². The number of alkyl halides is 3. The van der Waals surface area contributed by atoms with Crippen LogP contribution in [0.4, 0.5) is 18.9 Å². The molecule has 0 spiro atoms. The fraction of sp³-hybridized carbons (Fsp3) is 0.360. The van der Waals surface area contributed by atoms with E-state index in [1.54, 1.807) is 30.3 Å². The summed E-state index contributed by atoms with van der Waals surface area (Å²) in [6, 6.07) is 12.6. The minimum atomic E-state index is -5.08. The molecule has 0 saturated heterocycles. The average Bonchev–Trinajstić information content (AvgIpc) is 3.64. The minimum Gasteiger partial charge on any atom is -0.475 e. The Balaban J connectivity index is 0.000000454. The molecule has 1 fully saturated rings. The number of anilines is 1. The first kappa shape index (κ1) is 27.3. The summed E-state index contributed by atoms with van der Waals surface area (Å²) in [5, 5.41) is 9.99. The van der Waals surface area contributed by atoms with Gasteiger partial charge in [0.05, 0.1) is 10.3 Å².